The van der Waals surface area contributed by atoms with Gasteiger partial charge in [-0.25, -0.2) is 4.79 Å². The van der Waals surface area contributed by atoms with Gasteiger partial charge in [-0.15, -0.1) is 11.3 Å². The van der Waals surface area contributed by atoms with Crippen LogP contribution >= 0.6 is 11.3 Å². The number of esters is 1. The van der Waals surface area contributed by atoms with Gasteiger partial charge in [0.05, 0.1) is 5.69 Å². The smallest absolute Gasteiger partial charge is 0.350 e. The fraction of sp³-hybridized carbons (Fsp3) is 0.444. The van der Waals surface area contributed by atoms with Crippen LogP contribution in [-0.4, -0.2) is 12.1 Å². The second-order valence-electron chi connectivity index (χ2n) is 3.16. The molecule has 1 aromatic rings. The molecule has 1 heterocycles. The number of carbonyl (C=O) groups excluding carboxylic acids is 1. The Labute approximate surface area is 80.5 Å². The van der Waals surface area contributed by atoms with Crippen molar-refractivity contribution >= 4 is 23.0 Å². The van der Waals surface area contributed by atoms with Crippen molar-refractivity contribution in [1.82, 2.24) is 0 Å². The summed E-state index contributed by atoms with van der Waals surface area (Å²) in [6, 6.07) is 1.72. The molecule has 1 aromatic heterocycles. The Bertz CT molecular complexity index is 317. The normalized spacial score (nSPS) is 16.6. The summed E-state index contributed by atoms with van der Waals surface area (Å²) in [5.74, 6) is -0.266. The predicted octanol–water partition coefficient (Wildman–Crippen LogP) is 2.04. The topological polar surface area (TPSA) is 52.3 Å². The van der Waals surface area contributed by atoms with Gasteiger partial charge in [0.2, 0.25) is 0 Å². The van der Waals surface area contributed by atoms with Crippen LogP contribution in [0.5, 0.6) is 0 Å². The van der Waals surface area contributed by atoms with Crippen LogP contribution in [0.2, 0.25) is 0 Å². The maximum absolute atomic E-state index is 11.4. The van der Waals surface area contributed by atoms with Crippen molar-refractivity contribution < 1.29 is 9.53 Å². The first-order chi connectivity index (χ1) is 6.27. The lowest BCUT2D eigenvalue weighted by molar-refractivity contribution is 0.00966. The lowest BCUT2D eigenvalue weighted by Crippen LogP contribution is -2.24. The van der Waals surface area contributed by atoms with E-state index in [9.17, 15) is 4.79 Å². The van der Waals surface area contributed by atoms with Gasteiger partial charge in [-0.05, 0) is 30.7 Å². The number of nitrogen functional groups attached to an aromatic ring is 1. The van der Waals surface area contributed by atoms with Gasteiger partial charge in [-0.1, -0.05) is 0 Å². The van der Waals surface area contributed by atoms with E-state index in [2.05, 4.69) is 0 Å². The molecular weight excluding hydrogens is 186 g/mol. The molecule has 13 heavy (non-hydrogen) atoms. The van der Waals surface area contributed by atoms with Gasteiger partial charge in [0.15, 0.2) is 0 Å². The maximum Gasteiger partial charge on any atom is 0.350 e. The molecule has 1 aliphatic rings. The average Bonchev–Trinajstić information content (AvgIpc) is 2.43. The molecule has 4 heteroatoms. The first-order valence-electron chi connectivity index (χ1n) is 4.31. The summed E-state index contributed by atoms with van der Waals surface area (Å²) in [5, 5.41) is 1.80. The van der Waals surface area contributed by atoms with E-state index in [1.165, 1.54) is 11.3 Å². The Hall–Kier alpha value is -1.03. The molecule has 1 saturated carbocycles. The summed E-state index contributed by atoms with van der Waals surface area (Å²) < 4.78 is 5.20. The van der Waals surface area contributed by atoms with Crippen molar-refractivity contribution in [3.63, 3.8) is 0 Å². The number of rotatable bonds is 2. The predicted molar refractivity (Wildman–Crippen MR) is 51.8 cm³/mol. The van der Waals surface area contributed by atoms with Gasteiger partial charge in [-0.3, -0.25) is 0 Å². The summed E-state index contributed by atoms with van der Waals surface area (Å²) in [6.45, 7) is 0. The number of hydrogen-bond donors (Lipinski definition) is 1. The zero-order valence-electron chi connectivity index (χ0n) is 7.16. The molecule has 0 bridgehead atoms. The number of carbonyl (C=O) groups is 1. The highest BCUT2D eigenvalue weighted by atomic mass is 32.1. The van der Waals surface area contributed by atoms with Gasteiger partial charge in [0.1, 0.15) is 11.0 Å². The molecule has 2 N–H and O–H groups in total. The van der Waals surface area contributed by atoms with Gasteiger partial charge in [0, 0.05) is 0 Å². The Morgan fingerprint density at radius 3 is 2.85 bits per heavy atom. The van der Waals surface area contributed by atoms with Crippen molar-refractivity contribution in [2.75, 3.05) is 5.73 Å². The number of thiophene rings is 1. The Balaban J connectivity index is 2.00. The van der Waals surface area contributed by atoms with E-state index in [1.54, 1.807) is 11.4 Å². The van der Waals surface area contributed by atoms with E-state index in [-0.39, 0.29) is 12.1 Å². The quantitative estimate of drug-likeness (QED) is 0.738. The van der Waals surface area contributed by atoms with E-state index in [4.69, 9.17) is 10.5 Å². The van der Waals surface area contributed by atoms with Gasteiger partial charge in [-0.2, -0.15) is 0 Å². The van der Waals surface area contributed by atoms with Crippen LogP contribution in [0.4, 0.5) is 5.69 Å². The minimum atomic E-state index is -0.266. The summed E-state index contributed by atoms with van der Waals surface area (Å²) in [5.41, 5.74) is 6.11. The van der Waals surface area contributed by atoms with E-state index >= 15 is 0 Å². The molecule has 70 valence electrons. The summed E-state index contributed by atoms with van der Waals surface area (Å²) in [7, 11) is 0. The molecule has 0 amide bonds. The van der Waals surface area contributed by atoms with Crippen LogP contribution in [0.3, 0.4) is 0 Å². The van der Waals surface area contributed by atoms with E-state index in [0.29, 0.717) is 10.6 Å². The second kappa shape index (κ2) is 3.38. The number of hydrogen-bond acceptors (Lipinski definition) is 4. The van der Waals surface area contributed by atoms with Crippen LogP contribution in [0.15, 0.2) is 11.4 Å². The Morgan fingerprint density at radius 1 is 1.62 bits per heavy atom. The fourth-order valence-electron chi connectivity index (χ4n) is 1.18. The summed E-state index contributed by atoms with van der Waals surface area (Å²) in [6.07, 6.45) is 3.29. The molecular formula is C9H11NO2S. The molecule has 0 unspecified atom stereocenters. The molecule has 0 spiro atoms. The van der Waals surface area contributed by atoms with Crippen molar-refractivity contribution in [3.8, 4) is 0 Å². The zero-order chi connectivity index (χ0) is 9.26. The molecule has 0 aromatic carbocycles. The maximum atomic E-state index is 11.4. The second-order valence-corrected chi connectivity index (χ2v) is 4.08. The van der Waals surface area contributed by atoms with E-state index in [1.807, 2.05) is 0 Å². The summed E-state index contributed by atoms with van der Waals surface area (Å²) >= 11 is 1.33. The van der Waals surface area contributed by atoms with Crippen molar-refractivity contribution in [3.05, 3.63) is 16.3 Å². The number of nitrogens with two attached hydrogens (primary N) is 1. The first kappa shape index (κ1) is 8.56. The third-order valence-electron chi connectivity index (χ3n) is 2.21. The fourth-order valence-corrected chi connectivity index (χ4v) is 1.88. The molecule has 1 aliphatic carbocycles. The third-order valence-corrected chi connectivity index (χ3v) is 3.12. The molecule has 1 fully saturated rings. The van der Waals surface area contributed by atoms with Gasteiger partial charge < -0.3 is 10.5 Å². The standard InChI is InChI=1S/C9H11NO2S/c10-7-4-5-13-8(7)9(11)12-6-2-1-3-6/h4-6H,1-3,10H2. The molecule has 0 atom stereocenters. The first-order valence-corrected chi connectivity index (χ1v) is 5.19. The highest BCUT2D eigenvalue weighted by Crippen LogP contribution is 2.26. The number of ether oxygens (including phenoxy) is 1. The number of anilines is 1. The molecule has 0 saturated heterocycles. The molecule has 2 rings (SSSR count). The molecule has 0 radical (unpaired) electrons. The summed E-state index contributed by atoms with van der Waals surface area (Å²) in [4.78, 5) is 12.0. The minimum absolute atomic E-state index is 0.133. The van der Waals surface area contributed by atoms with Crippen LogP contribution < -0.4 is 5.73 Å². The SMILES string of the molecule is Nc1ccsc1C(=O)OC1CCC1. The van der Waals surface area contributed by atoms with Crippen molar-refractivity contribution in [1.29, 1.82) is 0 Å². The lowest BCUT2D eigenvalue weighted by atomic mass is 9.96. The van der Waals surface area contributed by atoms with Gasteiger partial charge >= 0.3 is 5.97 Å². The van der Waals surface area contributed by atoms with Crippen molar-refractivity contribution in [2.24, 2.45) is 0 Å². The minimum Gasteiger partial charge on any atom is -0.458 e. The molecule has 3 nitrogen and oxygen atoms in total. The zero-order valence-corrected chi connectivity index (χ0v) is 7.97. The lowest BCUT2D eigenvalue weighted by Gasteiger charge is -2.24. The van der Waals surface area contributed by atoms with E-state index < -0.39 is 0 Å². The molecule has 0 aliphatic heterocycles. The van der Waals surface area contributed by atoms with Gasteiger partial charge in [0.25, 0.3) is 0 Å². The van der Waals surface area contributed by atoms with Crippen LogP contribution in [-0.2, 0) is 4.74 Å². The monoisotopic (exact) mass is 197 g/mol. The third kappa shape index (κ3) is 1.67. The van der Waals surface area contributed by atoms with Crippen molar-refractivity contribution in [2.45, 2.75) is 25.4 Å². The van der Waals surface area contributed by atoms with Crippen LogP contribution in [0.1, 0.15) is 28.9 Å². The largest absolute Gasteiger partial charge is 0.458 e. The van der Waals surface area contributed by atoms with E-state index in [0.717, 1.165) is 19.3 Å². The van der Waals surface area contributed by atoms with Crippen LogP contribution in [0, 0.1) is 0 Å². The highest BCUT2D eigenvalue weighted by molar-refractivity contribution is 7.12. The van der Waals surface area contributed by atoms with Crippen LogP contribution in [0.25, 0.3) is 0 Å². The highest BCUT2D eigenvalue weighted by Gasteiger charge is 2.23. The Kier molecular flexibility index (Phi) is 2.22. The average molecular weight is 197 g/mol. The Morgan fingerprint density at radius 2 is 2.38 bits per heavy atom.